The van der Waals surface area contributed by atoms with E-state index in [4.69, 9.17) is 5.26 Å². The van der Waals surface area contributed by atoms with Crippen LogP contribution >= 0.6 is 0 Å². The molecule has 1 amide bonds. The zero-order valence-corrected chi connectivity index (χ0v) is 8.82. The van der Waals surface area contributed by atoms with Crippen LogP contribution in [-0.2, 0) is 10.2 Å². The Hall–Kier alpha value is -1.89. The van der Waals surface area contributed by atoms with Gasteiger partial charge >= 0.3 is 5.91 Å². The first-order valence-electron chi connectivity index (χ1n) is 4.65. The van der Waals surface area contributed by atoms with Gasteiger partial charge in [-0.3, -0.25) is 9.78 Å². The van der Waals surface area contributed by atoms with Gasteiger partial charge in [-0.15, -0.1) is 0 Å². The van der Waals surface area contributed by atoms with Gasteiger partial charge in [0.25, 0.3) is 0 Å². The summed E-state index contributed by atoms with van der Waals surface area (Å²) in [6, 6.07) is 5.33. The number of carbonyl (C=O) groups is 1. The third-order valence-corrected chi connectivity index (χ3v) is 2.25. The Balaban J connectivity index is 2.68. The van der Waals surface area contributed by atoms with E-state index in [1.807, 2.05) is 26.0 Å². The number of amides is 1. The molecule has 0 saturated carbocycles. The molecule has 78 valence electrons. The first-order chi connectivity index (χ1) is 7.06. The fraction of sp³-hybridized carbons (Fsp3) is 0.364. The minimum absolute atomic E-state index is 0.199. The van der Waals surface area contributed by atoms with Crippen molar-refractivity contribution in [2.75, 3.05) is 6.54 Å². The van der Waals surface area contributed by atoms with Crippen molar-refractivity contribution < 1.29 is 4.79 Å². The van der Waals surface area contributed by atoms with Crippen molar-refractivity contribution in [1.82, 2.24) is 10.3 Å². The lowest BCUT2D eigenvalue weighted by molar-refractivity contribution is -0.116. The van der Waals surface area contributed by atoms with Gasteiger partial charge in [0.2, 0.25) is 0 Å². The van der Waals surface area contributed by atoms with E-state index in [1.165, 1.54) is 6.07 Å². The largest absolute Gasteiger partial charge is 0.343 e. The number of aromatic nitrogens is 1. The molecule has 1 aromatic rings. The summed E-state index contributed by atoms with van der Waals surface area (Å²) in [5, 5.41) is 10.9. The fourth-order valence-corrected chi connectivity index (χ4v) is 1.25. The molecule has 0 aliphatic carbocycles. The van der Waals surface area contributed by atoms with Crippen molar-refractivity contribution in [2.45, 2.75) is 19.3 Å². The van der Waals surface area contributed by atoms with Crippen LogP contribution in [0.25, 0.3) is 0 Å². The van der Waals surface area contributed by atoms with Gasteiger partial charge < -0.3 is 5.32 Å². The number of nitrogens with one attached hydrogen (secondary N) is 1. The molecular weight excluding hydrogens is 190 g/mol. The Morgan fingerprint density at radius 3 is 2.67 bits per heavy atom. The molecule has 0 fully saturated rings. The maximum Gasteiger partial charge on any atom is 0.322 e. The van der Waals surface area contributed by atoms with Crippen LogP contribution in [0, 0.1) is 11.3 Å². The molecule has 0 atom stereocenters. The molecule has 0 radical (unpaired) electrons. The van der Waals surface area contributed by atoms with E-state index in [0.717, 1.165) is 5.56 Å². The van der Waals surface area contributed by atoms with Gasteiger partial charge in [-0.05, 0) is 17.7 Å². The van der Waals surface area contributed by atoms with E-state index < -0.39 is 5.91 Å². The summed E-state index contributed by atoms with van der Waals surface area (Å²) in [7, 11) is 0. The van der Waals surface area contributed by atoms with E-state index in [-0.39, 0.29) is 5.41 Å². The second kappa shape index (κ2) is 4.56. The highest BCUT2D eigenvalue weighted by atomic mass is 16.1. The summed E-state index contributed by atoms with van der Waals surface area (Å²) < 4.78 is 0. The minimum Gasteiger partial charge on any atom is -0.343 e. The Morgan fingerprint density at radius 2 is 2.13 bits per heavy atom. The molecule has 0 unspecified atom stereocenters. The number of nitrogens with zero attached hydrogens (tertiary/aromatic N) is 2. The number of hydrogen-bond acceptors (Lipinski definition) is 3. The molecule has 0 aliphatic rings. The van der Waals surface area contributed by atoms with Crippen LogP contribution in [0.15, 0.2) is 24.5 Å². The second-order valence-corrected chi connectivity index (χ2v) is 3.91. The summed E-state index contributed by atoms with van der Waals surface area (Å²) in [4.78, 5) is 14.7. The maximum absolute atomic E-state index is 10.8. The molecule has 1 N–H and O–H groups in total. The average molecular weight is 203 g/mol. The van der Waals surface area contributed by atoms with Gasteiger partial charge in [-0.1, -0.05) is 13.8 Å². The number of carbonyl (C=O) groups excluding carboxylic acids is 1. The predicted octanol–water partition coefficient (Wildman–Crippen LogP) is 0.999. The predicted molar refractivity (Wildman–Crippen MR) is 55.9 cm³/mol. The standard InChI is InChI=1S/C11H13N3O/c1-11(2,8-14-10(15)7-12)9-3-5-13-6-4-9/h3-6H,8H2,1-2H3,(H,14,15). The van der Waals surface area contributed by atoms with E-state index >= 15 is 0 Å². The summed E-state index contributed by atoms with van der Waals surface area (Å²) >= 11 is 0. The lowest BCUT2D eigenvalue weighted by Crippen LogP contribution is -2.36. The van der Waals surface area contributed by atoms with Crippen molar-refractivity contribution >= 4 is 5.91 Å². The third kappa shape index (κ3) is 3.06. The highest BCUT2D eigenvalue weighted by Gasteiger charge is 2.20. The summed E-state index contributed by atoms with van der Waals surface area (Å²) in [5.41, 5.74) is 0.880. The van der Waals surface area contributed by atoms with Crippen LogP contribution in [-0.4, -0.2) is 17.4 Å². The van der Waals surface area contributed by atoms with E-state index in [9.17, 15) is 4.79 Å². The van der Waals surface area contributed by atoms with Crippen LogP contribution in [0.5, 0.6) is 0 Å². The van der Waals surface area contributed by atoms with Crippen molar-refractivity contribution in [2.24, 2.45) is 0 Å². The Bertz CT molecular complexity index is 379. The van der Waals surface area contributed by atoms with Gasteiger partial charge in [-0.2, -0.15) is 5.26 Å². The molecule has 0 saturated heterocycles. The van der Waals surface area contributed by atoms with Crippen LogP contribution in [0.4, 0.5) is 0 Å². The molecule has 0 bridgehead atoms. The van der Waals surface area contributed by atoms with Crippen molar-refractivity contribution in [1.29, 1.82) is 5.26 Å². The van der Waals surface area contributed by atoms with Crippen molar-refractivity contribution in [3.8, 4) is 6.07 Å². The average Bonchev–Trinajstić information content (AvgIpc) is 2.27. The lowest BCUT2D eigenvalue weighted by Gasteiger charge is -2.24. The van der Waals surface area contributed by atoms with Crippen LogP contribution in [0.2, 0.25) is 0 Å². The van der Waals surface area contributed by atoms with Gasteiger partial charge in [0.1, 0.15) is 0 Å². The van der Waals surface area contributed by atoms with Crippen molar-refractivity contribution in [3.05, 3.63) is 30.1 Å². The molecule has 15 heavy (non-hydrogen) atoms. The number of nitriles is 1. The lowest BCUT2D eigenvalue weighted by atomic mass is 9.85. The van der Waals surface area contributed by atoms with E-state index in [1.54, 1.807) is 12.4 Å². The van der Waals surface area contributed by atoms with Gasteiger partial charge in [0.05, 0.1) is 0 Å². The van der Waals surface area contributed by atoms with Gasteiger partial charge in [0, 0.05) is 24.4 Å². The number of rotatable bonds is 3. The molecule has 1 aromatic heterocycles. The SMILES string of the molecule is CC(C)(CNC(=O)C#N)c1ccncc1. The summed E-state index contributed by atoms with van der Waals surface area (Å²) in [5.74, 6) is -0.600. The first kappa shape index (κ1) is 11.2. The monoisotopic (exact) mass is 203 g/mol. The van der Waals surface area contributed by atoms with E-state index in [2.05, 4.69) is 10.3 Å². The molecule has 4 heteroatoms. The molecule has 1 rings (SSSR count). The molecule has 4 nitrogen and oxygen atoms in total. The Labute approximate surface area is 88.9 Å². The van der Waals surface area contributed by atoms with Crippen LogP contribution in [0.1, 0.15) is 19.4 Å². The van der Waals surface area contributed by atoms with E-state index in [0.29, 0.717) is 6.54 Å². The maximum atomic E-state index is 10.8. The summed E-state index contributed by atoms with van der Waals surface area (Å²) in [6.45, 7) is 4.43. The second-order valence-electron chi connectivity index (χ2n) is 3.91. The van der Waals surface area contributed by atoms with Crippen LogP contribution < -0.4 is 5.32 Å². The quantitative estimate of drug-likeness (QED) is 0.745. The van der Waals surface area contributed by atoms with Crippen molar-refractivity contribution in [3.63, 3.8) is 0 Å². The topological polar surface area (TPSA) is 65.8 Å². The highest BCUT2D eigenvalue weighted by molar-refractivity contribution is 5.91. The molecular formula is C11H13N3O. The normalized spacial score (nSPS) is 10.5. The van der Waals surface area contributed by atoms with Gasteiger partial charge in [-0.25, -0.2) is 0 Å². The minimum atomic E-state index is -0.600. The highest BCUT2D eigenvalue weighted by Crippen LogP contribution is 2.20. The third-order valence-electron chi connectivity index (χ3n) is 2.25. The number of pyridine rings is 1. The molecule has 0 aliphatic heterocycles. The first-order valence-corrected chi connectivity index (χ1v) is 4.65. The smallest absolute Gasteiger partial charge is 0.322 e. The van der Waals surface area contributed by atoms with Crippen LogP contribution in [0.3, 0.4) is 0 Å². The zero-order valence-electron chi connectivity index (χ0n) is 8.82. The Kier molecular flexibility index (Phi) is 3.40. The molecule has 1 heterocycles. The Morgan fingerprint density at radius 1 is 1.53 bits per heavy atom. The van der Waals surface area contributed by atoms with Gasteiger partial charge in [0.15, 0.2) is 6.07 Å². The number of hydrogen-bond donors (Lipinski definition) is 1. The molecule has 0 aromatic carbocycles. The zero-order chi connectivity index (χ0) is 11.3. The fourth-order valence-electron chi connectivity index (χ4n) is 1.25. The summed E-state index contributed by atoms with van der Waals surface area (Å²) in [6.07, 6.45) is 3.42. The molecule has 0 spiro atoms.